The molecule has 1 aromatic carbocycles. The van der Waals surface area contributed by atoms with Crippen molar-refractivity contribution in [2.45, 2.75) is 26.9 Å². The fourth-order valence-corrected chi connectivity index (χ4v) is 2.15. The maximum Gasteiger partial charge on any atom is 0.350 e. The second-order valence-electron chi connectivity index (χ2n) is 3.45. The Kier molecular flexibility index (Phi) is 2.20. The Hall–Kier alpha value is -1.44. The van der Waals surface area contributed by atoms with Crippen LogP contribution in [0.3, 0.4) is 0 Å². The average molecular weight is 188 g/mol. The number of fused-ring (bicyclic) bond motifs is 1. The van der Waals surface area contributed by atoms with Crippen molar-refractivity contribution in [2.75, 3.05) is 0 Å². The summed E-state index contributed by atoms with van der Waals surface area (Å²) < 4.78 is 4.57. The number of nitrogens with zero attached hydrogens (tertiary/aromatic N) is 2. The van der Waals surface area contributed by atoms with Gasteiger partial charge in [-0.3, -0.25) is 0 Å². The van der Waals surface area contributed by atoms with Crippen LogP contribution in [0.15, 0.2) is 24.3 Å². The first-order chi connectivity index (χ1) is 6.79. The Morgan fingerprint density at radius 3 is 1.79 bits per heavy atom. The van der Waals surface area contributed by atoms with Gasteiger partial charge in [0.2, 0.25) is 0 Å². The highest BCUT2D eigenvalue weighted by molar-refractivity contribution is 5.62. The van der Waals surface area contributed by atoms with Crippen LogP contribution in [-0.2, 0) is 0 Å². The van der Waals surface area contributed by atoms with Crippen LogP contribution in [0.2, 0.25) is 0 Å². The van der Waals surface area contributed by atoms with Gasteiger partial charge in [0.1, 0.15) is 12.4 Å². The van der Waals surface area contributed by atoms with Gasteiger partial charge in [-0.15, -0.1) is 9.15 Å². The second kappa shape index (κ2) is 3.37. The molecular weight excluding hydrogens is 172 g/mol. The Labute approximate surface area is 84.8 Å². The molecule has 72 valence electrons. The van der Waals surface area contributed by atoms with Gasteiger partial charge in [-0.1, -0.05) is 12.1 Å². The summed E-state index contributed by atoms with van der Waals surface area (Å²) in [6.45, 7) is 6.36. The summed E-state index contributed by atoms with van der Waals surface area (Å²) in [6, 6.07) is 8.49. The zero-order valence-corrected chi connectivity index (χ0v) is 8.94. The van der Waals surface area contributed by atoms with E-state index < -0.39 is 0 Å². The summed E-state index contributed by atoms with van der Waals surface area (Å²) in [5, 5.41) is 0. The van der Waals surface area contributed by atoms with Crippen LogP contribution in [-0.4, -0.2) is 27.7 Å². The second-order valence-corrected chi connectivity index (χ2v) is 3.45. The molecule has 0 amide bonds. The minimum Gasteiger partial charge on any atom is -0.136 e. The topological polar surface area (TPSA) is 6.02 Å². The summed E-state index contributed by atoms with van der Waals surface area (Å²) in [4.78, 5) is 0. The Morgan fingerprint density at radius 1 is 1.00 bits per heavy atom. The summed E-state index contributed by atoms with van der Waals surface area (Å²) in [5.41, 5.74) is 2.58. The van der Waals surface area contributed by atoms with E-state index in [-0.39, 0.29) is 0 Å². The van der Waals surface area contributed by atoms with Gasteiger partial charge >= 0.3 is 6.17 Å². The monoisotopic (exact) mass is 188 g/mol. The summed E-state index contributed by atoms with van der Waals surface area (Å²) in [7, 11) is 0. The molecule has 1 heterocycles. The molecule has 0 unspecified atom stereocenters. The van der Waals surface area contributed by atoms with Crippen molar-refractivity contribution in [3.63, 3.8) is 0 Å². The molecule has 0 saturated heterocycles. The van der Waals surface area contributed by atoms with Crippen LogP contribution < -0.4 is 0 Å². The van der Waals surface area contributed by atoms with Crippen LogP contribution in [0.5, 0.6) is 0 Å². The first kappa shape index (κ1) is 9.13. The van der Waals surface area contributed by atoms with Gasteiger partial charge in [0.25, 0.3) is 11.4 Å². The van der Waals surface area contributed by atoms with Gasteiger partial charge in [0.05, 0.1) is 6.92 Å². The molecular formula is C12H16N2+2. The largest absolute Gasteiger partial charge is 0.350 e. The molecule has 0 saturated carbocycles. The SMILES string of the molecule is CC=[N+]1c2ccccc2[N+](=CC)C1C. The summed E-state index contributed by atoms with van der Waals surface area (Å²) in [6.07, 6.45) is 4.66. The van der Waals surface area contributed by atoms with Crippen LogP contribution in [0.1, 0.15) is 20.8 Å². The van der Waals surface area contributed by atoms with Gasteiger partial charge in [0.15, 0.2) is 0 Å². The number of benzene rings is 1. The number of para-hydroxylation sites is 2. The molecule has 2 rings (SSSR count). The maximum atomic E-state index is 2.29. The first-order valence-corrected chi connectivity index (χ1v) is 5.04. The number of hydrogen-bond donors (Lipinski definition) is 0. The molecule has 0 fully saturated rings. The van der Waals surface area contributed by atoms with E-state index in [1.807, 2.05) is 0 Å². The molecule has 1 aromatic rings. The van der Waals surface area contributed by atoms with Crippen LogP contribution in [0, 0.1) is 0 Å². The Bertz CT molecular complexity index is 377. The molecule has 1 aliphatic heterocycles. The highest BCUT2D eigenvalue weighted by Gasteiger charge is 2.41. The molecule has 14 heavy (non-hydrogen) atoms. The highest BCUT2D eigenvalue weighted by Crippen LogP contribution is 2.35. The Morgan fingerprint density at radius 2 is 1.43 bits per heavy atom. The van der Waals surface area contributed by atoms with Gasteiger partial charge in [-0.05, 0) is 0 Å². The number of hydrogen-bond acceptors (Lipinski definition) is 0. The zero-order valence-electron chi connectivity index (χ0n) is 8.94. The summed E-state index contributed by atoms with van der Waals surface area (Å²) >= 11 is 0. The fraction of sp³-hybridized carbons (Fsp3) is 0.333. The Balaban J connectivity index is 2.68. The lowest BCUT2D eigenvalue weighted by atomic mass is 10.3. The molecule has 1 aliphatic rings. The molecule has 0 aliphatic carbocycles. The van der Waals surface area contributed by atoms with Crippen molar-refractivity contribution < 1.29 is 9.15 Å². The maximum absolute atomic E-state index is 2.29. The van der Waals surface area contributed by atoms with Crippen molar-refractivity contribution >= 4 is 23.8 Å². The average Bonchev–Trinajstić information content (AvgIpc) is 2.49. The first-order valence-electron chi connectivity index (χ1n) is 5.04. The normalized spacial score (nSPS) is 25.8. The van der Waals surface area contributed by atoms with E-state index in [1.165, 1.54) is 11.4 Å². The van der Waals surface area contributed by atoms with Gasteiger partial charge in [-0.2, -0.15) is 0 Å². The van der Waals surface area contributed by atoms with Crippen molar-refractivity contribution in [3.8, 4) is 0 Å². The van der Waals surface area contributed by atoms with E-state index in [0.29, 0.717) is 6.17 Å². The third-order valence-corrected chi connectivity index (χ3v) is 2.80. The number of rotatable bonds is 0. The molecule has 0 atom stereocenters. The van der Waals surface area contributed by atoms with Crippen LogP contribution >= 0.6 is 0 Å². The van der Waals surface area contributed by atoms with E-state index >= 15 is 0 Å². The summed E-state index contributed by atoms with van der Waals surface area (Å²) in [5.74, 6) is 0. The molecule has 0 aromatic heterocycles. The quantitative estimate of drug-likeness (QED) is 0.552. The third kappa shape index (κ3) is 1.10. The van der Waals surface area contributed by atoms with Gasteiger partial charge in [-0.25, -0.2) is 0 Å². The molecule has 0 spiro atoms. The predicted octanol–water partition coefficient (Wildman–Crippen LogP) is 2.52. The zero-order chi connectivity index (χ0) is 10.1. The third-order valence-electron chi connectivity index (χ3n) is 2.80. The van der Waals surface area contributed by atoms with Crippen LogP contribution in [0.4, 0.5) is 11.4 Å². The minimum absolute atomic E-state index is 0.391. The lowest BCUT2D eigenvalue weighted by Gasteiger charge is -1.94. The minimum atomic E-state index is 0.391. The van der Waals surface area contributed by atoms with Gasteiger partial charge < -0.3 is 0 Å². The molecule has 0 radical (unpaired) electrons. The highest BCUT2D eigenvalue weighted by atomic mass is 15.3. The predicted molar refractivity (Wildman–Crippen MR) is 59.2 cm³/mol. The van der Waals surface area contributed by atoms with Gasteiger partial charge in [0, 0.05) is 26.0 Å². The standard InChI is InChI=1S/C12H16N2/c1-4-13-10(3)14(5-2)12-9-7-6-8-11(12)13/h4-10H,1-3H3/q+2. The lowest BCUT2D eigenvalue weighted by molar-refractivity contribution is -0.666. The van der Waals surface area contributed by atoms with E-state index in [1.54, 1.807) is 0 Å². The van der Waals surface area contributed by atoms with Crippen molar-refractivity contribution in [3.05, 3.63) is 24.3 Å². The van der Waals surface area contributed by atoms with Crippen molar-refractivity contribution in [2.24, 2.45) is 0 Å². The van der Waals surface area contributed by atoms with E-state index in [4.69, 9.17) is 0 Å². The molecule has 0 N–H and O–H groups in total. The molecule has 2 heteroatoms. The smallest absolute Gasteiger partial charge is 0.136 e. The molecule has 2 nitrogen and oxygen atoms in total. The van der Waals surface area contributed by atoms with Crippen LogP contribution in [0.25, 0.3) is 0 Å². The molecule has 0 bridgehead atoms. The lowest BCUT2D eigenvalue weighted by Crippen LogP contribution is -2.23. The van der Waals surface area contributed by atoms with E-state index in [9.17, 15) is 0 Å². The fourth-order valence-electron chi connectivity index (χ4n) is 2.15. The van der Waals surface area contributed by atoms with E-state index in [0.717, 1.165) is 0 Å². The van der Waals surface area contributed by atoms with E-state index in [2.05, 4.69) is 66.6 Å². The van der Waals surface area contributed by atoms with Crippen molar-refractivity contribution in [1.29, 1.82) is 0 Å². The van der Waals surface area contributed by atoms with Crippen molar-refractivity contribution in [1.82, 2.24) is 0 Å².